The van der Waals surface area contributed by atoms with E-state index in [1.54, 1.807) is 0 Å². The number of hydrogen-bond acceptors (Lipinski definition) is 2. The molecule has 0 aliphatic carbocycles. The Morgan fingerprint density at radius 3 is 2.27 bits per heavy atom. The van der Waals surface area contributed by atoms with Gasteiger partial charge in [-0.25, -0.2) is 0 Å². The molecule has 3 N–H and O–H groups in total. The monoisotopic (exact) mass is 228 g/mol. The summed E-state index contributed by atoms with van der Waals surface area (Å²) in [6, 6.07) is 7.55. The molecule has 4 heteroatoms. The fraction of sp³-hybridized carbons (Fsp3) is 0.364. The predicted octanol–water partition coefficient (Wildman–Crippen LogP) is 2.16. The highest BCUT2D eigenvalue weighted by atomic mass is 35.5. The van der Waals surface area contributed by atoms with Crippen molar-refractivity contribution >= 4 is 24.0 Å². The van der Waals surface area contributed by atoms with E-state index in [0.29, 0.717) is 6.54 Å². The molecule has 0 spiro atoms. The van der Waals surface area contributed by atoms with Crippen molar-refractivity contribution in [2.75, 3.05) is 5.32 Å². The molecular weight excluding hydrogens is 212 g/mol. The van der Waals surface area contributed by atoms with Gasteiger partial charge in [0, 0.05) is 18.2 Å². The van der Waals surface area contributed by atoms with Crippen molar-refractivity contribution in [1.82, 2.24) is 0 Å². The third-order valence-corrected chi connectivity index (χ3v) is 1.98. The number of carbonyl (C=O) groups is 1. The summed E-state index contributed by atoms with van der Waals surface area (Å²) in [7, 11) is 0. The molecule has 0 saturated heterocycles. The summed E-state index contributed by atoms with van der Waals surface area (Å²) < 4.78 is 0. The van der Waals surface area contributed by atoms with Gasteiger partial charge in [-0.1, -0.05) is 26.0 Å². The molecule has 0 heterocycles. The molecule has 0 aliphatic heterocycles. The molecule has 1 aromatic carbocycles. The van der Waals surface area contributed by atoms with Crippen LogP contribution in [0, 0.1) is 5.92 Å². The number of hydrogen-bond donors (Lipinski definition) is 2. The van der Waals surface area contributed by atoms with Gasteiger partial charge in [0.05, 0.1) is 0 Å². The van der Waals surface area contributed by atoms with Gasteiger partial charge in [0.15, 0.2) is 0 Å². The van der Waals surface area contributed by atoms with Crippen LogP contribution in [0.2, 0.25) is 0 Å². The van der Waals surface area contributed by atoms with Gasteiger partial charge >= 0.3 is 0 Å². The molecule has 0 aliphatic rings. The van der Waals surface area contributed by atoms with Gasteiger partial charge in [-0.05, 0) is 17.7 Å². The Hall–Kier alpha value is -1.06. The Morgan fingerprint density at radius 2 is 1.87 bits per heavy atom. The molecule has 1 amide bonds. The van der Waals surface area contributed by atoms with E-state index in [1.165, 1.54) is 0 Å². The average Bonchev–Trinajstić information content (AvgIpc) is 2.19. The van der Waals surface area contributed by atoms with Crippen molar-refractivity contribution in [2.45, 2.75) is 20.4 Å². The smallest absolute Gasteiger partial charge is 0.226 e. The second-order valence-electron chi connectivity index (χ2n) is 3.54. The average molecular weight is 229 g/mol. The van der Waals surface area contributed by atoms with E-state index in [-0.39, 0.29) is 24.2 Å². The fourth-order valence-corrected chi connectivity index (χ4v) is 1.01. The maximum atomic E-state index is 11.3. The second kappa shape index (κ2) is 6.43. The lowest BCUT2D eigenvalue weighted by molar-refractivity contribution is -0.118. The van der Waals surface area contributed by atoms with Crippen LogP contribution in [0.1, 0.15) is 19.4 Å². The summed E-state index contributed by atoms with van der Waals surface area (Å²) in [4.78, 5) is 11.3. The Bertz CT molecular complexity index is 309. The van der Waals surface area contributed by atoms with Crippen molar-refractivity contribution in [2.24, 2.45) is 11.7 Å². The Balaban J connectivity index is 0.00000196. The fourth-order valence-electron chi connectivity index (χ4n) is 1.01. The van der Waals surface area contributed by atoms with Crippen LogP contribution in [-0.2, 0) is 11.3 Å². The molecule has 15 heavy (non-hydrogen) atoms. The Morgan fingerprint density at radius 1 is 1.33 bits per heavy atom. The van der Waals surface area contributed by atoms with Crippen LogP contribution < -0.4 is 11.1 Å². The number of nitrogens with one attached hydrogen (secondary N) is 1. The van der Waals surface area contributed by atoms with Gasteiger partial charge in [0.1, 0.15) is 0 Å². The molecule has 3 nitrogen and oxygen atoms in total. The molecule has 0 unspecified atom stereocenters. The molecule has 0 aromatic heterocycles. The molecule has 1 rings (SSSR count). The summed E-state index contributed by atoms with van der Waals surface area (Å²) in [5.74, 6) is 0.0367. The van der Waals surface area contributed by atoms with Crippen molar-refractivity contribution < 1.29 is 4.79 Å². The van der Waals surface area contributed by atoms with E-state index < -0.39 is 0 Å². The zero-order valence-electron chi connectivity index (χ0n) is 8.99. The highest BCUT2D eigenvalue weighted by Crippen LogP contribution is 2.10. The summed E-state index contributed by atoms with van der Waals surface area (Å²) >= 11 is 0. The standard InChI is InChI=1S/C11H16N2O.ClH/c1-8(2)11(14)13-10-5-3-9(7-12)4-6-10;/h3-6,8H,7,12H2,1-2H3,(H,13,14);1H. The van der Waals surface area contributed by atoms with E-state index in [4.69, 9.17) is 5.73 Å². The molecule has 0 fully saturated rings. The topological polar surface area (TPSA) is 55.1 Å². The summed E-state index contributed by atoms with van der Waals surface area (Å²) in [5, 5.41) is 2.81. The second-order valence-corrected chi connectivity index (χ2v) is 3.54. The van der Waals surface area contributed by atoms with E-state index in [2.05, 4.69) is 5.32 Å². The minimum Gasteiger partial charge on any atom is -0.326 e. The van der Waals surface area contributed by atoms with Gasteiger partial charge in [-0.2, -0.15) is 0 Å². The Labute approximate surface area is 96.5 Å². The maximum Gasteiger partial charge on any atom is 0.226 e. The van der Waals surface area contributed by atoms with Crippen molar-refractivity contribution in [3.05, 3.63) is 29.8 Å². The highest BCUT2D eigenvalue weighted by Gasteiger charge is 2.06. The minimum absolute atomic E-state index is 0. The van der Waals surface area contributed by atoms with Gasteiger partial charge in [0.2, 0.25) is 5.91 Å². The van der Waals surface area contributed by atoms with Crippen LogP contribution in [0.25, 0.3) is 0 Å². The lowest BCUT2D eigenvalue weighted by Crippen LogP contribution is -2.17. The number of halogens is 1. The van der Waals surface area contributed by atoms with Crippen molar-refractivity contribution in [3.63, 3.8) is 0 Å². The SMILES string of the molecule is CC(C)C(=O)Nc1ccc(CN)cc1.Cl. The van der Waals surface area contributed by atoms with E-state index in [0.717, 1.165) is 11.3 Å². The molecule has 1 aromatic rings. The molecule has 0 radical (unpaired) electrons. The lowest BCUT2D eigenvalue weighted by Gasteiger charge is -2.07. The van der Waals surface area contributed by atoms with E-state index >= 15 is 0 Å². The van der Waals surface area contributed by atoms with Crippen molar-refractivity contribution in [1.29, 1.82) is 0 Å². The van der Waals surface area contributed by atoms with Crippen LogP contribution in [0.4, 0.5) is 5.69 Å². The van der Waals surface area contributed by atoms with Gasteiger partial charge in [0.25, 0.3) is 0 Å². The van der Waals surface area contributed by atoms with Gasteiger partial charge < -0.3 is 11.1 Å². The van der Waals surface area contributed by atoms with E-state index in [9.17, 15) is 4.79 Å². The molecule has 0 saturated carbocycles. The zero-order valence-corrected chi connectivity index (χ0v) is 9.80. The number of anilines is 1. The van der Waals surface area contributed by atoms with Crippen LogP contribution in [-0.4, -0.2) is 5.91 Å². The van der Waals surface area contributed by atoms with Crippen LogP contribution in [0.15, 0.2) is 24.3 Å². The van der Waals surface area contributed by atoms with Crippen molar-refractivity contribution in [3.8, 4) is 0 Å². The summed E-state index contributed by atoms with van der Waals surface area (Å²) in [6.07, 6.45) is 0. The molecule has 0 atom stereocenters. The normalized spacial score (nSPS) is 9.60. The first-order valence-electron chi connectivity index (χ1n) is 4.73. The number of rotatable bonds is 3. The maximum absolute atomic E-state index is 11.3. The van der Waals surface area contributed by atoms with Crippen LogP contribution >= 0.6 is 12.4 Å². The summed E-state index contributed by atoms with van der Waals surface area (Å²) in [5.41, 5.74) is 7.34. The number of nitrogens with two attached hydrogens (primary N) is 1. The summed E-state index contributed by atoms with van der Waals surface area (Å²) in [6.45, 7) is 4.26. The molecule has 84 valence electrons. The van der Waals surface area contributed by atoms with Gasteiger partial charge in [-0.15, -0.1) is 12.4 Å². The predicted molar refractivity (Wildman–Crippen MR) is 65.0 cm³/mol. The zero-order chi connectivity index (χ0) is 10.6. The quantitative estimate of drug-likeness (QED) is 0.833. The first-order valence-corrected chi connectivity index (χ1v) is 4.73. The third kappa shape index (κ3) is 4.32. The number of benzene rings is 1. The highest BCUT2D eigenvalue weighted by molar-refractivity contribution is 5.92. The lowest BCUT2D eigenvalue weighted by atomic mass is 10.2. The molecule has 0 bridgehead atoms. The number of carbonyl (C=O) groups excluding carboxylic acids is 1. The Kier molecular flexibility index (Phi) is 5.97. The van der Waals surface area contributed by atoms with E-state index in [1.807, 2.05) is 38.1 Å². The number of amides is 1. The first-order chi connectivity index (χ1) is 6.63. The van der Waals surface area contributed by atoms with Crippen LogP contribution in [0.3, 0.4) is 0 Å². The van der Waals surface area contributed by atoms with Crippen LogP contribution in [0.5, 0.6) is 0 Å². The molecular formula is C11H17ClN2O. The largest absolute Gasteiger partial charge is 0.326 e. The minimum atomic E-state index is 0. The third-order valence-electron chi connectivity index (χ3n) is 1.98. The van der Waals surface area contributed by atoms with Gasteiger partial charge in [-0.3, -0.25) is 4.79 Å². The first kappa shape index (κ1) is 13.9.